The van der Waals surface area contributed by atoms with E-state index < -0.39 is 5.60 Å². The maximum absolute atomic E-state index is 11.6. The SMILES string of the molecule is COc1nccnc1C1(O)C2(C)CCC(C2)C1(C)C. The van der Waals surface area contributed by atoms with Gasteiger partial charge in [0.05, 0.1) is 7.11 Å². The Labute approximate surface area is 114 Å². The van der Waals surface area contributed by atoms with E-state index in [0.29, 0.717) is 17.5 Å². The van der Waals surface area contributed by atoms with Crippen molar-refractivity contribution < 1.29 is 9.84 Å². The standard InChI is InChI=1S/C15H22N2O2/c1-13(2)10-5-6-14(3,9-10)15(13,18)11-12(19-4)17-8-7-16-11/h7-8,10,18H,5-6,9H2,1-4H3. The van der Waals surface area contributed by atoms with Gasteiger partial charge in [-0.05, 0) is 25.2 Å². The summed E-state index contributed by atoms with van der Waals surface area (Å²) in [5, 5.41) is 11.6. The van der Waals surface area contributed by atoms with Gasteiger partial charge in [-0.2, -0.15) is 0 Å². The van der Waals surface area contributed by atoms with Crippen molar-refractivity contribution in [1.29, 1.82) is 0 Å². The molecule has 1 aromatic rings. The number of fused-ring (bicyclic) bond motifs is 2. The van der Waals surface area contributed by atoms with E-state index in [1.165, 1.54) is 6.42 Å². The van der Waals surface area contributed by atoms with E-state index in [2.05, 4.69) is 30.7 Å². The number of rotatable bonds is 2. The van der Waals surface area contributed by atoms with Crippen molar-refractivity contribution in [3.63, 3.8) is 0 Å². The predicted octanol–water partition coefficient (Wildman–Crippen LogP) is 2.52. The zero-order chi connectivity index (χ0) is 13.9. The third-order valence-electron chi connectivity index (χ3n) is 5.77. The third-order valence-corrected chi connectivity index (χ3v) is 5.77. The summed E-state index contributed by atoms with van der Waals surface area (Å²) < 4.78 is 5.34. The highest BCUT2D eigenvalue weighted by molar-refractivity contribution is 5.34. The molecule has 3 rings (SSSR count). The second kappa shape index (κ2) is 3.69. The molecule has 4 heteroatoms. The molecule has 19 heavy (non-hydrogen) atoms. The molecule has 1 heterocycles. The number of nitrogens with zero attached hydrogens (tertiary/aromatic N) is 2. The fourth-order valence-electron chi connectivity index (χ4n) is 4.57. The molecule has 0 aliphatic heterocycles. The van der Waals surface area contributed by atoms with Gasteiger partial charge in [-0.3, -0.25) is 4.98 Å². The number of aliphatic hydroxyl groups is 1. The largest absolute Gasteiger partial charge is 0.480 e. The van der Waals surface area contributed by atoms with Gasteiger partial charge in [0.2, 0.25) is 5.88 Å². The molecule has 0 saturated heterocycles. The van der Waals surface area contributed by atoms with E-state index in [9.17, 15) is 5.11 Å². The summed E-state index contributed by atoms with van der Waals surface area (Å²) in [7, 11) is 1.58. The Bertz CT molecular complexity index is 510. The van der Waals surface area contributed by atoms with Crippen molar-refractivity contribution in [2.24, 2.45) is 16.7 Å². The van der Waals surface area contributed by atoms with Gasteiger partial charge in [0.15, 0.2) is 0 Å². The van der Waals surface area contributed by atoms with Crippen molar-refractivity contribution >= 4 is 0 Å². The molecular formula is C15H22N2O2. The minimum atomic E-state index is -0.970. The molecule has 2 aliphatic rings. The molecule has 2 saturated carbocycles. The second-order valence-electron chi connectivity index (χ2n) is 6.85. The molecule has 104 valence electrons. The van der Waals surface area contributed by atoms with Crippen LogP contribution in [0.4, 0.5) is 0 Å². The highest BCUT2D eigenvalue weighted by atomic mass is 16.5. The maximum Gasteiger partial charge on any atom is 0.238 e. The lowest BCUT2D eigenvalue weighted by atomic mass is 9.59. The Hall–Kier alpha value is -1.16. The fourth-order valence-corrected chi connectivity index (χ4v) is 4.57. The summed E-state index contributed by atoms with van der Waals surface area (Å²) in [5.74, 6) is 0.987. The fraction of sp³-hybridized carbons (Fsp3) is 0.733. The Kier molecular flexibility index (Phi) is 2.50. The Morgan fingerprint density at radius 3 is 2.53 bits per heavy atom. The van der Waals surface area contributed by atoms with Crippen molar-refractivity contribution in [2.75, 3.05) is 7.11 Å². The van der Waals surface area contributed by atoms with E-state index in [0.717, 1.165) is 12.8 Å². The summed E-state index contributed by atoms with van der Waals surface area (Å²) in [6, 6.07) is 0. The third kappa shape index (κ3) is 1.33. The van der Waals surface area contributed by atoms with Crippen molar-refractivity contribution in [3.8, 4) is 5.88 Å². The number of ether oxygens (including phenoxy) is 1. The van der Waals surface area contributed by atoms with Gasteiger partial charge in [0.1, 0.15) is 11.3 Å². The average molecular weight is 262 g/mol. The molecule has 3 unspecified atom stereocenters. The molecule has 0 aromatic carbocycles. The van der Waals surface area contributed by atoms with Gasteiger partial charge in [-0.15, -0.1) is 0 Å². The van der Waals surface area contributed by atoms with E-state index in [1.807, 2.05) is 0 Å². The predicted molar refractivity (Wildman–Crippen MR) is 71.7 cm³/mol. The van der Waals surface area contributed by atoms with E-state index in [4.69, 9.17) is 4.74 Å². The van der Waals surface area contributed by atoms with Crippen LogP contribution >= 0.6 is 0 Å². The van der Waals surface area contributed by atoms with Gasteiger partial charge in [0.25, 0.3) is 0 Å². The quantitative estimate of drug-likeness (QED) is 0.889. The number of hydrogen-bond acceptors (Lipinski definition) is 4. The van der Waals surface area contributed by atoms with E-state index in [-0.39, 0.29) is 10.8 Å². The van der Waals surface area contributed by atoms with E-state index >= 15 is 0 Å². The molecule has 2 aliphatic carbocycles. The van der Waals surface area contributed by atoms with Gasteiger partial charge in [-0.1, -0.05) is 20.8 Å². The minimum Gasteiger partial charge on any atom is -0.480 e. The van der Waals surface area contributed by atoms with Crippen LogP contribution in [0.25, 0.3) is 0 Å². The number of aromatic nitrogens is 2. The molecule has 1 aromatic heterocycles. The van der Waals surface area contributed by atoms with Gasteiger partial charge in [-0.25, -0.2) is 4.98 Å². The second-order valence-corrected chi connectivity index (χ2v) is 6.85. The van der Waals surface area contributed by atoms with Crippen LogP contribution < -0.4 is 4.74 Å². The lowest BCUT2D eigenvalue weighted by molar-refractivity contribution is -0.155. The first kappa shape index (κ1) is 12.9. The summed E-state index contributed by atoms with van der Waals surface area (Å²) in [5.41, 5.74) is -0.705. The van der Waals surface area contributed by atoms with Crippen LogP contribution in [0.2, 0.25) is 0 Å². The smallest absolute Gasteiger partial charge is 0.238 e. The van der Waals surface area contributed by atoms with Crippen LogP contribution in [0.5, 0.6) is 5.88 Å². The molecule has 2 fully saturated rings. The first-order chi connectivity index (χ1) is 8.87. The summed E-state index contributed by atoms with van der Waals surface area (Å²) in [4.78, 5) is 8.65. The first-order valence-corrected chi connectivity index (χ1v) is 6.95. The molecule has 3 atom stereocenters. The first-order valence-electron chi connectivity index (χ1n) is 6.95. The van der Waals surface area contributed by atoms with Crippen molar-refractivity contribution in [1.82, 2.24) is 9.97 Å². The topological polar surface area (TPSA) is 55.2 Å². The lowest BCUT2D eigenvalue weighted by Crippen LogP contribution is -2.52. The highest BCUT2D eigenvalue weighted by Crippen LogP contribution is 2.72. The maximum atomic E-state index is 11.6. The Morgan fingerprint density at radius 1 is 1.26 bits per heavy atom. The Morgan fingerprint density at radius 2 is 1.95 bits per heavy atom. The molecule has 0 radical (unpaired) electrons. The number of methoxy groups -OCH3 is 1. The van der Waals surface area contributed by atoms with E-state index in [1.54, 1.807) is 19.5 Å². The van der Waals surface area contributed by atoms with Crippen LogP contribution in [-0.2, 0) is 5.60 Å². The van der Waals surface area contributed by atoms with Crippen molar-refractivity contribution in [3.05, 3.63) is 18.1 Å². The van der Waals surface area contributed by atoms with Gasteiger partial charge in [0, 0.05) is 23.2 Å². The van der Waals surface area contributed by atoms with Crippen LogP contribution in [-0.4, -0.2) is 22.2 Å². The van der Waals surface area contributed by atoms with Gasteiger partial charge < -0.3 is 9.84 Å². The zero-order valence-corrected chi connectivity index (χ0v) is 12.1. The highest BCUT2D eigenvalue weighted by Gasteiger charge is 2.70. The lowest BCUT2D eigenvalue weighted by Gasteiger charge is -2.50. The Balaban J connectivity index is 2.22. The van der Waals surface area contributed by atoms with Crippen LogP contribution in [0.1, 0.15) is 45.7 Å². The molecule has 4 nitrogen and oxygen atoms in total. The molecule has 0 amide bonds. The zero-order valence-electron chi connectivity index (χ0n) is 12.1. The monoisotopic (exact) mass is 262 g/mol. The summed E-state index contributed by atoms with van der Waals surface area (Å²) in [6.07, 6.45) is 6.53. The molecular weight excluding hydrogens is 240 g/mol. The number of hydrogen-bond donors (Lipinski definition) is 1. The van der Waals surface area contributed by atoms with Crippen LogP contribution in [0, 0.1) is 16.7 Å². The summed E-state index contributed by atoms with van der Waals surface area (Å²) >= 11 is 0. The average Bonchev–Trinajstić information content (AvgIpc) is 2.86. The van der Waals surface area contributed by atoms with Gasteiger partial charge >= 0.3 is 0 Å². The molecule has 0 spiro atoms. The molecule has 2 bridgehead atoms. The minimum absolute atomic E-state index is 0.134. The van der Waals surface area contributed by atoms with Crippen molar-refractivity contribution in [2.45, 2.75) is 45.6 Å². The summed E-state index contributed by atoms with van der Waals surface area (Å²) in [6.45, 7) is 6.47. The van der Waals surface area contributed by atoms with Crippen LogP contribution in [0.3, 0.4) is 0 Å². The molecule has 1 N–H and O–H groups in total. The normalized spacial score (nSPS) is 39.5. The van der Waals surface area contributed by atoms with Crippen LogP contribution in [0.15, 0.2) is 12.4 Å².